The van der Waals surface area contributed by atoms with Crippen molar-refractivity contribution in [1.82, 2.24) is 0 Å². The lowest BCUT2D eigenvalue weighted by Crippen LogP contribution is -2.13. The van der Waals surface area contributed by atoms with E-state index in [0.717, 1.165) is 5.56 Å². The van der Waals surface area contributed by atoms with Crippen molar-refractivity contribution in [3.8, 4) is 5.75 Å². The minimum Gasteiger partial charge on any atom is -0.494 e. The van der Waals surface area contributed by atoms with Crippen molar-refractivity contribution >= 4 is 21.4 Å². The van der Waals surface area contributed by atoms with Gasteiger partial charge in [-0.25, -0.2) is 8.42 Å². The lowest BCUT2D eigenvalue weighted by molar-refractivity contribution is 0.340. The van der Waals surface area contributed by atoms with Crippen LogP contribution in [0.3, 0.4) is 0 Å². The Morgan fingerprint density at radius 1 is 1.14 bits per heavy atom. The molecule has 2 rings (SSSR count). The maximum atomic E-state index is 12.3. The highest BCUT2D eigenvalue weighted by atomic mass is 32.2. The zero-order chi connectivity index (χ0) is 15.5. The van der Waals surface area contributed by atoms with E-state index in [1.54, 1.807) is 30.3 Å². The van der Waals surface area contributed by atoms with Gasteiger partial charge in [0.25, 0.3) is 10.0 Å². The standard InChI is InChI=1S/C15H18N2O3S/c1-3-20-13-6-8-14(9-7-13)21(18,19)17-12-5-4-11(2)15(16)10-12/h4-10,17H,3,16H2,1-2H3. The summed E-state index contributed by atoms with van der Waals surface area (Å²) < 4.78 is 32.3. The Morgan fingerprint density at radius 3 is 2.38 bits per heavy atom. The molecule has 0 saturated heterocycles. The van der Waals surface area contributed by atoms with E-state index in [4.69, 9.17) is 10.5 Å². The van der Waals surface area contributed by atoms with Crippen molar-refractivity contribution in [3.63, 3.8) is 0 Å². The van der Waals surface area contributed by atoms with Crippen molar-refractivity contribution in [2.24, 2.45) is 0 Å². The molecule has 0 spiro atoms. The molecule has 2 aromatic rings. The van der Waals surface area contributed by atoms with Crippen molar-refractivity contribution in [1.29, 1.82) is 0 Å². The third-order valence-corrected chi connectivity index (χ3v) is 4.37. The second kappa shape index (κ2) is 6.05. The summed E-state index contributed by atoms with van der Waals surface area (Å²) in [6.45, 7) is 4.26. The average molecular weight is 306 g/mol. The van der Waals surface area contributed by atoms with E-state index in [1.807, 2.05) is 13.8 Å². The topological polar surface area (TPSA) is 81.4 Å². The molecular weight excluding hydrogens is 288 g/mol. The molecule has 0 aliphatic rings. The highest BCUT2D eigenvalue weighted by Gasteiger charge is 2.14. The molecule has 5 nitrogen and oxygen atoms in total. The number of nitrogens with one attached hydrogen (secondary N) is 1. The van der Waals surface area contributed by atoms with Crippen LogP contribution >= 0.6 is 0 Å². The van der Waals surface area contributed by atoms with Gasteiger partial charge in [-0.15, -0.1) is 0 Å². The summed E-state index contributed by atoms with van der Waals surface area (Å²) in [5.41, 5.74) is 7.66. The largest absolute Gasteiger partial charge is 0.494 e. The van der Waals surface area contributed by atoms with Crippen LogP contribution in [0.15, 0.2) is 47.4 Å². The number of benzene rings is 2. The molecule has 6 heteroatoms. The van der Waals surface area contributed by atoms with Crippen LogP contribution in [0.25, 0.3) is 0 Å². The zero-order valence-electron chi connectivity index (χ0n) is 12.0. The van der Waals surface area contributed by atoms with Crippen LogP contribution in [-0.4, -0.2) is 15.0 Å². The van der Waals surface area contributed by atoms with Gasteiger partial charge in [0.05, 0.1) is 17.2 Å². The number of ether oxygens (including phenoxy) is 1. The Labute approximate surface area is 124 Å². The van der Waals surface area contributed by atoms with E-state index in [-0.39, 0.29) is 4.90 Å². The normalized spacial score (nSPS) is 11.1. The van der Waals surface area contributed by atoms with Gasteiger partial charge in [-0.1, -0.05) is 6.07 Å². The van der Waals surface area contributed by atoms with E-state index in [0.29, 0.717) is 23.7 Å². The maximum Gasteiger partial charge on any atom is 0.261 e. The predicted molar refractivity (Wildman–Crippen MR) is 84.0 cm³/mol. The van der Waals surface area contributed by atoms with Crippen LogP contribution in [0.5, 0.6) is 5.75 Å². The molecule has 0 fully saturated rings. The van der Waals surface area contributed by atoms with E-state index in [1.165, 1.54) is 12.1 Å². The third kappa shape index (κ3) is 3.66. The van der Waals surface area contributed by atoms with Crippen LogP contribution in [-0.2, 0) is 10.0 Å². The van der Waals surface area contributed by atoms with Gasteiger partial charge < -0.3 is 10.5 Å². The second-order valence-corrected chi connectivity index (χ2v) is 6.26. The Balaban J connectivity index is 2.23. The second-order valence-electron chi connectivity index (χ2n) is 4.58. The molecule has 3 N–H and O–H groups in total. The predicted octanol–water partition coefficient (Wildman–Crippen LogP) is 2.78. The molecule has 0 atom stereocenters. The fraction of sp³-hybridized carbons (Fsp3) is 0.200. The highest BCUT2D eigenvalue weighted by Crippen LogP contribution is 2.22. The summed E-state index contributed by atoms with van der Waals surface area (Å²) >= 11 is 0. The zero-order valence-corrected chi connectivity index (χ0v) is 12.8. The first-order valence-electron chi connectivity index (χ1n) is 6.54. The molecule has 2 aromatic carbocycles. The molecule has 0 amide bonds. The fourth-order valence-electron chi connectivity index (χ4n) is 1.80. The van der Waals surface area contributed by atoms with Gasteiger partial charge in [-0.3, -0.25) is 4.72 Å². The number of hydrogen-bond donors (Lipinski definition) is 2. The molecule has 0 radical (unpaired) electrons. The fourth-order valence-corrected chi connectivity index (χ4v) is 2.85. The maximum absolute atomic E-state index is 12.3. The molecule has 0 aliphatic carbocycles. The number of hydrogen-bond acceptors (Lipinski definition) is 4. The monoisotopic (exact) mass is 306 g/mol. The van der Waals surface area contributed by atoms with Gasteiger partial charge in [-0.2, -0.15) is 0 Å². The Kier molecular flexibility index (Phi) is 4.37. The van der Waals surface area contributed by atoms with Crippen LogP contribution < -0.4 is 15.2 Å². The van der Waals surface area contributed by atoms with Gasteiger partial charge in [0.1, 0.15) is 5.75 Å². The number of sulfonamides is 1. The lowest BCUT2D eigenvalue weighted by atomic mass is 10.2. The van der Waals surface area contributed by atoms with Crippen LogP contribution in [0.2, 0.25) is 0 Å². The van der Waals surface area contributed by atoms with Crippen molar-refractivity contribution in [2.75, 3.05) is 17.1 Å². The molecule has 112 valence electrons. The summed E-state index contributed by atoms with van der Waals surface area (Å²) in [5, 5.41) is 0. The summed E-state index contributed by atoms with van der Waals surface area (Å²) in [6.07, 6.45) is 0. The van der Waals surface area contributed by atoms with Crippen LogP contribution in [0, 0.1) is 6.92 Å². The summed E-state index contributed by atoms with van der Waals surface area (Å²) in [4.78, 5) is 0.171. The first-order valence-corrected chi connectivity index (χ1v) is 8.02. The van der Waals surface area contributed by atoms with E-state index in [9.17, 15) is 8.42 Å². The third-order valence-electron chi connectivity index (χ3n) is 2.98. The van der Waals surface area contributed by atoms with Gasteiger partial charge in [0, 0.05) is 5.69 Å². The molecule has 0 heterocycles. The van der Waals surface area contributed by atoms with Gasteiger partial charge in [0.15, 0.2) is 0 Å². The first-order chi connectivity index (χ1) is 9.92. The van der Waals surface area contributed by atoms with Crippen molar-refractivity contribution in [3.05, 3.63) is 48.0 Å². The van der Waals surface area contributed by atoms with Gasteiger partial charge in [0.2, 0.25) is 0 Å². The first kappa shape index (κ1) is 15.2. The number of anilines is 2. The van der Waals surface area contributed by atoms with Crippen molar-refractivity contribution < 1.29 is 13.2 Å². The van der Waals surface area contributed by atoms with Gasteiger partial charge in [-0.05, 0) is 55.8 Å². The Morgan fingerprint density at radius 2 is 1.81 bits per heavy atom. The molecule has 0 aliphatic heterocycles. The summed E-state index contributed by atoms with van der Waals surface area (Å²) in [6, 6.07) is 11.3. The highest BCUT2D eigenvalue weighted by molar-refractivity contribution is 7.92. The quantitative estimate of drug-likeness (QED) is 0.832. The number of rotatable bonds is 5. The van der Waals surface area contributed by atoms with Crippen molar-refractivity contribution in [2.45, 2.75) is 18.7 Å². The number of aryl methyl sites for hydroxylation is 1. The van der Waals surface area contributed by atoms with E-state index >= 15 is 0 Å². The number of nitrogens with two attached hydrogens (primary N) is 1. The molecule has 0 saturated carbocycles. The SMILES string of the molecule is CCOc1ccc(S(=O)(=O)Nc2ccc(C)c(N)c2)cc1. The van der Waals surface area contributed by atoms with Crippen LogP contribution in [0.1, 0.15) is 12.5 Å². The minimum absolute atomic E-state index is 0.171. The van der Waals surface area contributed by atoms with E-state index < -0.39 is 10.0 Å². The Bertz CT molecular complexity index is 725. The average Bonchev–Trinajstić information content (AvgIpc) is 2.44. The summed E-state index contributed by atoms with van der Waals surface area (Å²) in [7, 11) is -3.64. The smallest absolute Gasteiger partial charge is 0.261 e. The molecule has 0 unspecified atom stereocenters. The summed E-state index contributed by atoms with van der Waals surface area (Å²) in [5.74, 6) is 0.635. The Hall–Kier alpha value is -2.21. The minimum atomic E-state index is -3.64. The number of nitrogen functional groups attached to an aromatic ring is 1. The molecule has 0 bridgehead atoms. The molecule has 21 heavy (non-hydrogen) atoms. The lowest BCUT2D eigenvalue weighted by Gasteiger charge is -2.10. The van der Waals surface area contributed by atoms with E-state index in [2.05, 4.69) is 4.72 Å². The van der Waals surface area contributed by atoms with Crippen LogP contribution in [0.4, 0.5) is 11.4 Å². The molecule has 0 aromatic heterocycles. The molecular formula is C15H18N2O3S. The van der Waals surface area contributed by atoms with Gasteiger partial charge >= 0.3 is 0 Å².